The first-order chi connectivity index (χ1) is 13.8. The number of hydrogen-bond acceptors (Lipinski definition) is 7. The number of hydroxylamine groups is 2. The Labute approximate surface area is 167 Å². The van der Waals surface area contributed by atoms with Crippen molar-refractivity contribution in [1.82, 2.24) is 10.4 Å². The van der Waals surface area contributed by atoms with Gasteiger partial charge in [0.2, 0.25) is 0 Å². The van der Waals surface area contributed by atoms with Gasteiger partial charge in [-0.15, -0.1) is 9.35 Å². The molecule has 3 amide bonds. The molecule has 1 saturated heterocycles. The van der Waals surface area contributed by atoms with Gasteiger partial charge in [0.15, 0.2) is 0 Å². The number of carbonyl (C=O) groups excluding carboxylic acids is 3. The number of alkyl carbamates (subject to hydrolysis) is 1. The minimum Gasteiger partial charge on any atom is -0.445 e. The molecule has 9 nitrogen and oxygen atoms in total. The summed E-state index contributed by atoms with van der Waals surface area (Å²) in [6.45, 7) is 1.75. The quantitative estimate of drug-likeness (QED) is 0.709. The molecule has 29 heavy (non-hydrogen) atoms. The number of nitrogens with one attached hydrogen (secondary N) is 1. The highest BCUT2D eigenvalue weighted by molar-refractivity contribution is 7.86. The second kappa shape index (κ2) is 8.41. The van der Waals surface area contributed by atoms with Gasteiger partial charge in [-0.05, 0) is 24.6 Å². The molecule has 1 N–H and O–H groups in total. The Morgan fingerprint density at radius 2 is 1.76 bits per heavy atom. The number of nitrogens with zero attached hydrogens (tertiary/aromatic N) is 1. The van der Waals surface area contributed by atoms with Gasteiger partial charge in [-0.1, -0.05) is 48.0 Å². The summed E-state index contributed by atoms with van der Waals surface area (Å²) >= 11 is 0. The molecule has 1 heterocycles. The zero-order valence-electron chi connectivity index (χ0n) is 15.4. The first kappa shape index (κ1) is 20.5. The summed E-state index contributed by atoms with van der Waals surface area (Å²) in [4.78, 5) is 36.1. The summed E-state index contributed by atoms with van der Waals surface area (Å²) in [7, 11) is -4.38. The molecule has 0 unspecified atom stereocenters. The smallest absolute Gasteiger partial charge is 0.408 e. The van der Waals surface area contributed by atoms with Gasteiger partial charge in [0.25, 0.3) is 11.8 Å². The number of hydrogen-bond donors (Lipinski definition) is 1. The van der Waals surface area contributed by atoms with Crippen LogP contribution in [0.4, 0.5) is 4.79 Å². The lowest BCUT2D eigenvalue weighted by Gasteiger charge is -2.14. The predicted molar refractivity (Wildman–Crippen MR) is 99.5 cm³/mol. The third-order valence-electron chi connectivity index (χ3n) is 4.09. The maximum absolute atomic E-state index is 12.3. The number of ether oxygens (including phenoxy) is 1. The van der Waals surface area contributed by atoms with Gasteiger partial charge >= 0.3 is 16.2 Å². The lowest BCUT2D eigenvalue weighted by molar-refractivity contribution is -0.164. The molecule has 1 atom stereocenters. The van der Waals surface area contributed by atoms with E-state index in [0.29, 0.717) is 0 Å². The maximum atomic E-state index is 12.3. The summed E-state index contributed by atoms with van der Waals surface area (Å²) in [5.41, 5.74) is 1.57. The van der Waals surface area contributed by atoms with E-state index in [1.165, 1.54) is 12.1 Å². The van der Waals surface area contributed by atoms with Crippen LogP contribution in [-0.2, 0) is 35.3 Å². The molecule has 0 bridgehead atoms. The van der Waals surface area contributed by atoms with Crippen LogP contribution in [0.5, 0.6) is 0 Å². The summed E-state index contributed by atoms with van der Waals surface area (Å²) in [5, 5.41) is 2.39. The summed E-state index contributed by atoms with van der Waals surface area (Å²) in [6, 6.07) is 13.3. The second-order valence-electron chi connectivity index (χ2n) is 6.33. The first-order valence-electron chi connectivity index (χ1n) is 8.61. The monoisotopic (exact) mass is 418 g/mol. The van der Waals surface area contributed by atoms with Crippen LogP contribution in [0.3, 0.4) is 0 Å². The number of benzene rings is 2. The van der Waals surface area contributed by atoms with E-state index in [-0.39, 0.29) is 16.6 Å². The molecular weight excluding hydrogens is 400 g/mol. The highest BCUT2D eigenvalue weighted by atomic mass is 32.2. The fourth-order valence-electron chi connectivity index (χ4n) is 2.55. The van der Waals surface area contributed by atoms with Crippen LogP contribution in [-0.4, -0.2) is 37.4 Å². The second-order valence-corrected chi connectivity index (χ2v) is 7.86. The molecule has 0 aromatic heterocycles. The number of aryl methyl sites for hydroxylation is 1. The Hall–Kier alpha value is -3.24. The molecule has 2 aromatic carbocycles. The molecule has 152 valence electrons. The van der Waals surface area contributed by atoms with E-state index < -0.39 is 40.5 Å². The van der Waals surface area contributed by atoms with Crippen LogP contribution in [0, 0.1) is 6.92 Å². The summed E-state index contributed by atoms with van der Waals surface area (Å²) < 4.78 is 34.3. The summed E-state index contributed by atoms with van der Waals surface area (Å²) in [5.74, 6) is -1.89. The number of rotatable bonds is 6. The number of carbonyl (C=O) groups is 3. The standard InChI is InChI=1S/C19H18N2O7S/c1-13-7-9-15(10-8-13)29(25,26)28-21-17(22)11-16(18(21)23)20-19(24)27-12-14-5-3-2-4-6-14/h2-10,16H,11-12H2,1H3,(H,20,24)/t16-/m0/s1. The van der Waals surface area contributed by atoms with Crippen molar-refractivity contribution >= 4 is 28.0 Å². The van der Waals surface area contributed by atoms with Crippen LogP contribution in [0.15, 0.2) is 59.5 Å². The number of imide groups is 1. The van der Waals surface area contributed by atoms with Crippen LogP contribution in [0.2, 0.25) is 0 Å². The first-order valence-corrected chi connectivity index (χ1v) is 10.0. The fourth-order valence-corrected chi connectivity index (χ4v) is 3.46. The van der Waals surface area contributed by atoms with Crippen molar-refractivity contribution in [2.24, 2.45) is 0 Å². The average Bonchev–Trinajstić information content (AvgIpc) is 2.94. The van der Waals surface area contributed by atoms with E-state index in [4.69, 9.17) is 9.02 Å². The van der Waals surface area contributed by atoms with E-state index in [1.807, 2.05) is 6.07 Å². The molecule has 10 heteroatoms. The van der Waals surface area contributed by atoms with Crippen molar-refractivity contribution in [1.29, 1.82) is 0 Å². The molecule has 0 aliphatic carbocycles. The lowest BCUT2D eigenvalue weighted by atomic mass is 10.2. The van der Waals surface area contributed by atoms with Crippen molar-refractivity contribution in [3.8, 4) is 0 Å². The molecule has 0 saturated carbocycles. The normalized spacial score (nSPS) is 16.7. The highest BCUT2D eigenvalue weighted by Gasteiger charge is 2.43. The minimum atomic E-state index is -4.38. The third kappa shape index (κ3) is 4.98. The van der Waals surface area contributed by atoms with Gasteiger partial charge in [0.05, 0.1) is 11.3 Å². The fraction of sp³-hybridized carbons (Fsp3) is 0.211. The Morgan fingerprint density at radius 3 is 2.41 bits per heavy atom. The summed E-state index contributed by atoms with van der Waals surface area (Å²) in [6.07, 6.45) is -1.36. The van der Waals surface area contributed by atoms with E-state index in [0.717, 1.165) is 11.1 Å². The maximum Gasteiger partial charge on any atom is 0.408 e. The van der Waals surface area contributed by atoms with Crippen LogP contribution >= 0.6 is 0 Å². The van der Waals surface area contributed by atoms with Gasteiger partial charge in [0, 0.05) is 0 Å². The van der Waals surface area contributed by atoms with Gasteiger partial charge < -0.3 is 10.1 Å². The van der Waals surface area contributed by atoms with Gasteiger partial charge in [-0.2, -0.15) is 8.42 Å². The van der Waals surface area contributed by atoms with E-state index in [1.54, 1.807) is 43.3 Å². The van der Waals surface area contributed by atoms with Gasteiger partial charge in [-0.25, -0.2) is 4.79 Å². The number of amides is 3. The van der Waals surface area contributed by atoms with E-state index >= 15 is 0 Å². The lowest BCUT2D eigenvalue weighted by Crippen LogP contribution is -2.42. The Kier molecular flexibility index (Phi) is 5.95. The third-order valence-corrected chi connectivity index (χ3v) is 5.29. The molecule has 1 aliphatic heterocycles. The zero-order valence-corrected chi connectivity index (χ0v) is 16.2. The van der Waals surface area contributed by atoms with Gasteiger partial charge in [-0.3, -0.25) is 9.59 Å². The molecule has 0 spiro atoms. The molecule has 2 aromatic rings. The van der Waals surface area contributed by atoms with E-state index in [9.17, 15) is 22.8 Å². The van der Waals surface area contributed by atoms with Crippen molar-refractivity contribution in [2.75, 3.05) is 0 Å². The average molecular weight is 418 g/mol. The topological polar surface area (TPSA) is 119 Å². The minimum absolute atomic E-state index is 0.0243. The SMILES string of the molecule is Cc1ccc(S(=O)(=O)ON2C(=O)C[C@H](NC(=O)OCc3ccccc3)C2=O)cc1. The molecule has 0 radical (unpaired) electrons. The largest absolute Gasteiger partial charge is 0.445 e. The highest BCUT2D eigenvalue weighted by Crippen LogP contribution is 2.20. The Morgan fingerprint density at radius 1 is 1.10 bits per heavy atom. The predicted octanol–water partition coefficient (Wildman–Crippen LogP) is 1.67. The molecular formula is C19H18N2O7S. The Balaban J connectivity index is 1.60. The van der Waals surface area contributed by atoms with Gasteiger partial charge in [0.1, 0.15) is 12.6 Å². The van der Waals surface area contributed by atoms with E-state index in [2.05, 4.69) is 5.32 Å². The van der Waals surface area contributed by atoms with Crippen molar-refractivity contribution in [3.05, 3.63) is 65.7 Å². The molecule has 1 fully saturated rings. The van der Waals surface area contributed by atoms with Crippen LogP contribution in [0.1, 0.15) is 17.5 Å². The van der Waals surface area contributed by atoms with Crippen LogP contribution in [0.25, 0.3) is 0 Å². The molecule has 3 rings (SSSR count). The van der Waals surface area contributed by atoms with Crippen molar-refractivity contribution in [2.45, 2.75) is 30.9 Å². The molecule has 1 aliphatic rings. The van der Waals surface area contributed by atoms with Crippen molar-refractivity contribution in [3.63, 3.8) is 0 Å². The Bertz CT molecular complexity index is 1020. The van der Waals surface area contributed by atoms with Crippen molar-refractivity contribution < 1.29 is 31.8 Å². The van der Waals surface area contributed by atoms with Crippen LogP contribution < -0.4 is 5.32 Å². The zero-order chi connectivity index (χ0) is 21.0.